The van der Waals surface area contributed by atoms with Crippen molar-refractivity contribution in [3.63, 3.8) is 0 Å². The average Bonchev–Trinajstić information content (AvgIpc) is 2.83. The second kappa shape index (κ2) is 5.79. The van der Waals surface area contributed by atoms with Gasteiger partial charge >= 0.3 is 0 Å². The van der Waals surface area contributed by atoms with Crippen LogP contribution in [0.2, 0.25) is 0 Å². The fourth-order valence-electron chi connectivity index (χ4n) is 1.61. The summed E-state index contributed by atoms with van der Waals surface area (Å²) in [4.78, 5) is 20.7. The molecule has 2 heterocycles. The molecule has 0 bridgehead atoms. The van der Waals surface area contributed by atoms with Crippen molar-refractivity contribution in [1.82, 2.24) is 9.97 Å². The van der Waals surface area contributed by atoms with Gasteiger partial charge in [0.25, 0.3) is 5.91 Å². The second-order valence-electron chi connectivity index (χ2n) is 4.08. The van der Waals surface area contributed by atoms with Crippen molar-refractivity contribution in [3.8, 4) is 0 Å². The zero-order valence-corrected chi connectivity index (χ0v) is 12.0. The minimum absolute atomic E-state index is 0.164. The standard InChI is InChI=1S/C13H16N4OS/c1-4-10-5-9(6-11(14-3)16-10)12(18)17-13-15-8(2)7-19-13/h5-7H,4H2,1-3H3,(H,14,16)(H,15,17,18). The summed E-state index contributed by atoms with van der Waals surface area (Å²) >= 11 is 1.42. The summed E-state index contributed by atoms with van der Waals surface area (Å²) in [5.74, 6) is 0.530. The Balaban J connectivity index is 2.22. The number of carbonyl (C=O) groups is 1. The Morgan fingerprint density at radius 2 is 2.16 bits per heavy atom. The number of amides is 1. The summed E-state index contributed by atoms with van der Waals surface area (Å²) in [6.45, 7) is 3.90. The Kier molecular flexibility index (Phi) is 4.11. The maximum Gasteiger partial charge on any atom is 0.257 e. The lowest BCUT2D eigenvalue weighted by Gasteiger charge is -2.07. The van der Waals surface area contributed by atoms with Gasteiger partial charge in [-0.15, -0.1) is 11.3 Å². The molecule has 100 valence electrons. The number of pyridine rings is 1. The van der Waals surface area contributed by atoms with Gasteiger partial charge in [0.15, 0.2) is 5.13 Å². The van der Waals surface area contributed by atoms with Crippen molar-refractivity contribution in [2.75, 3.05) is 17.7 Å². The van der Waals surface area contributed by atoms with E-state index in [0.717, 1.165) is 17.8 Å². The second-order valence-corrected chi connectivity index (χ2v) is 4.94. The van der Waals surface area contributed by atoms with E-state index >= 15 is 0 Å². The molecular formula is C13H16N4OS. The Hall–Kier alpha value is -1.95. The van der Waals surface area contributed by atoms with E-state index in [0.29, 0.717) is 16.5 Å². The van der Waals surface area contributed by atoms with Gasteiger partial charge in [0, 0.05) is 23.7 Å². The number of aromatic nitrogens is 2. The van der Waals surface area contributed by atoms with Crippen molar-refractivity contribution in [1.29, 1.82) is 0 Å². The molecule has 2 rings (SSSR count). The molecule has 0 aliphatic heterocycles. The summed E-state index contributed by atoms with van der Waals surface area (Å²) in [6, 6.07) is 3.53. The number of carbonyl (C=O) groups excluding carboxylic acids is 1. The van der Waals surface area contributed by atoms with Crippen molar-refractivity contribution >= 4 is 28.2 Å². The Morgan fingerprint density at radius 3 is 2.74 bits per heavy atom. The minimum Gasteiger partial charge on any atom is -0.373 e. The molecule has 0 spiro atoms. The number of anilines is 2. The van der Waals surface area contributed by atoms with Gasteiger partial charge < -0.3 is 5.32 Å². The van der Waals surface area contributed by atoms with Crippen molar-refractivity contribution in [3.05, 3.63) is 34.5 Å². The van der Waals surface area contributed by atoms with Crippen molar-refractivity contribution < 1.29 is 4.79 Å². The molecule has 0 aromatic carbocycles. The van der Waals surface area contributed by atoms with Crippen LogP contribution in [-0.4, -0.2) is 22.9 Å². The summed E-state index contributed by atoms with van der Waals surface area (Å²) in [7, 11) is 1.79. The highest BCUT2D eigenvalue weighted by atomic mass is 32.1. The summed E-state index contributed by atoms with van der Waals surface area (Å²) in [6.07, 6.45) is 0.784. The molecule has 0 atom stereocenters. The largest absolute Gasteiger partial charge is 0.373 e. The molecule has 2 aromatic heterocycles. The molecule has 0 aliphatic rings. The summed E-state index contributed by atoms with van der Waals surface area (Å²) in [5.41, 5.74) is 2.37. The predicted octanol–water partition coefficient (Wildman–Crippen LogP) is 2.70. The minimum atomic E-state index is -0.164. The van der Waals surface area contributed by atoms with Crippen LogP contribution in [0.15, 0.2) is 17.5 Å². The lowest BCUT2D eigenvalue weighted by Crippen LogP contribution is -2.13. The third-order valence-corrected chi connectivity index (χ3v) is 3.47. The van der Waals surface area contributed by atoms with Crippen LogP contribution in [0.5, 0.6) is 0 Å². The van der Waals surface area contributed by atoms with Gasteiger partial charge in [-0.25, -0.2) is 9.97 Å². The average molecular weight is 276 g/mol. The Morgan fingerprint density at radius 1 is 1.37 bits per heavy atom. The van der Waals surface area contributed by atoms with E-state index in [-0.39, 0.29) is 5.91 Å². The number of hydrogen-bond donors (Lipinski definition) is 2. The Bertz CT molecular complexity index is 572. The number of aryl methyl sites for hydroxylation is 2. The number of nitrogens with zero attached hydrogens (tertiary/aromatic N) is 2. The molecule has 0 aliphatic carbocycles. The molecule has 1 amide bonds. The van der Waals surface area contributed by atoms with Crippen LogP contribution < -0.4 is 10.6 Å². The van der Waals surface area contributed by atoms with Gasteiger partial charge in [0.05, 0.1) is 5.69 Å². The van der Waals surface area contributed by atoms with Gasteiger partial charge in [-0.1, -0.05) is 6.92 Å². The molecule has 0 saturated heterocycles. The fraction of sp³-hybridized carbons (Fsp3) is 0.308. The highest BCUT2D eigenvalue weighted by Crippen LogP contribution is 2.17. The number of thiazole rings is 1. The molecule has 0 fully saturated rings. The van der Waals surface area contributed by atoms with Gasteiger partial charge in [-0.2, -0.15) is 0 Å². The molecule has 0 unspecified atom stereocenters. The van der Waals surface area contributed by atoms with E-state index in [1.807, 2.05) is 19.2 Å². The van der Waals surface area contributed by atoms with Crippen molar-refractivity contribution in [2.45, 2.75) is 20.3 Å². The van der Waals surface area contributed by atoms with E-state index < -0.39 is 0 Å². The molecule has 2 N–H and O–H groups in total. The monoisotopic (exact) mass is 276 g/mol. The van der Waals surface area contributed by atoms with Crippen LogP contribution in [0, 0.1) is 6.92 Å². The highest BCUT2D eigenvalue weighted by molar-refractivity contribution is 7.13. The molecular weight excluding hydrogens is 260 g/mol. The molecule has 0 radical (unpaired) electrons. The number of hydrogen-bond acceptors (Lipinski definition) is 5. The summed E-state index contributed by atoms with van der Waals surface area (Å²) in [5, 5.41) is 8.27. The topological polar surface area (TPSA) is 66.9 Å². The number of rotatable bonds is 4. The predicted molar refractivity (Wildman–Crippen MR) is 78.0 cm³/mol. The molecule has 5 nitrogen and oxygen atoms in total. The molecule has 6 heteroatoms. The van der Waals surface area contributed by atoms with E-state index in [1.54, 1.807) is 19.2 Å². The zero-order valence-electron chi connectivity index (χ0n) is 11.2. The van der Waals surface area contributed by atoms with E-state index in [1.165, 1.54) is 11.3 Å². The lowest BCUT2D eigenvalue weighted by molar-refractivity contribution is 0.102. The summed E-state index contributed by atoms with van der Waals surface area (Å²) < 4.78 is 0. The third kappa shape index (κ3) is 3.29. The highest BCUT2D eigenvalue weighted by Gasteiger charge is 2.11. The first-order valence-corrected chi connectivity index (χ1v) is 6.92. The van der Waals surface area contributed by atoms with Crippen LogP contribution in [-0.2, 0) is 6.42 Å². The Labute approximate surface area is 116 Å². The maximum absolute atomic E-state index is 12.2. The first-order chi connectivity index (χ1) is 9.12. The maximum atomic E-state index is 12.2. The van der Waals surface area contributed by atoms with E-state index in [2.05, 4.69) is 20.6 Å². The quantitative estimate of drug-likeness (QED) is 0.901. The van der Waals surface area contributed by atoms with Gasteiger partial charge in [0.1, 0.15) is 5.82 Å². The normalized spacial score (nSPS) is 10.3. The van der Waals surface area contributed by atoms with Crippen LogP contribution >= 0.6 is 11.3 Å². The van der Waals surface area contributed by atoms with Crippen LogP contribution in [0.4, 0.5) is 10.9 Å². The molecule has 0 saturated carbocycles. The third-order valence-electron chi connectivity index (χ3n) is 2.60. The van der Waals surface area contributed by atoms with Gasteiger partial charge in [-0.3, -0.25) is 10.1 Å². The molecule has 19 heavy (non-hydrogen) atoms. The fourth-order valence-corrected chi connectivity index (χ4v) is 2.29. The van der Waals surface area contributed by atoms with E-state index in [9.17, 15) is 4.79 Å². The SMILES string of the molecule is CCc1cc(C(=O)Nc2nc(C)cs2)cc(NC)n1. The van der Waals surface area contributed by atoms with Crippen molar-refractivity contribution in [2.24, 2.45) is 0 Å². The van der Waals surface area contributed by atoms with E-state index in [4.69, 9.17) is 0 Å². The number of nitrogens with one attached hydrogen (secondary N) is 2. The first kappa shape index (κ1) is 13.5. The lowest BCUT2D eigenvalue weighted by atomic mass is 10.2. The first-order valence-electron chi connectivity index (χ1n) is 6.04. The van der Waals surface area contributed by atoms with Crippen LogP contribution in [0.3, 0.4) is 0 Å². The van der Waals surface area contributed by atoms with Gasteiger partial charge in [0.2, 0.25) is 0 Å². The van der Waals surface area contributed by atoms with Crippen LogP contribution in [0.25, 0.3) is 0 Å². The molecule has 2 aromatic rings. The van der Waals surface area contributed by atoms with Gasteiger partial charge in [-0.05, 0) is 25.5 Å². The zero-order chi connectivity index (χ0) is 13.8. The van der Waals surface area contributed by atoms with Crippen LogP contribution in [0.1, 0.15) is 28.7 Å². The smallest absolute Gasteiger partial charge is 0.257 e.